The Balaban J connectivity index is 1.20. The first-order chi connectivity index (χ1) is 14.6. The molecule has 0 saturated heterocycles. The Hall–Kier alpha value is -2.17. The second-order valence-corrected chi connectivity index (χ2v) is 9.71. The Morgan fingerprint density at radius 2 is 1.93 bits per heavy atom. The van der Waals surface area contributed by atoms with Crippen LogP contribution in [0, 0.1) is 18.7 Å². The normalized spacial score (nSPS) is 20.8. The van der Waals surface area contributed by atoms with E-state index in [1.165, 1.54) is 24.0 Å². The minimum atomic E-state index is -0.148. The van der Waals surface area contributed by atoms with Crippen molar-refractivity contribution in [1.29, 1.82) is 0 Å². The van der Waals surface area contributed by atoms with Crippen molar-refractivity contribution < 1.29 is 9.13 Å². The first-order valence-electron chi connectivity index (χ1n) is 10.9. The zero-order valence-electron chi connectivity index (χ0n) is 17.7. The SMILES string of the molecule is Cc1cc(CCOc2ccc3c(c2)CN([C@H]2C[C@H](C)C2)C3)c(F)cc1-c1ccsc1. The molecule has 156 valence electrons. The third-order valence-electron chi connectivity index (χ3n) is 6.66. The fourth-order valence-corrected chi connectivity index (χ4v) is 5.50. The van der Waals surface area contributed by atoms with E-state index in [0.29, 0.717) is 13.0 Å². The van der Waals surface area contributed by atoms with Crippen LogP contribution in [0.3, 0.4) is 0 Å². The van der Waals surface area contributed by atoms with Crippen molar-refractivity contribution in [2.24, 2.45) is 5.92 Å². The molecule has 0 spiro atoms. The maximum Gasteiger partial charge on any atom is 0.127 e. The van der Waals surface area contributed by atoms with E-state index in [1.807, 2.05) is 24.4 Å². The van der Waals surface area contributed by atoms with Gasteiger partial charge < -0.3 is 4.74 Å². The summed E-state index contributed by atoms with van der Waals surface area (Å²) in [5.41, 5.74) is 6.69. The third-order valence-corrected chi connectivity index (χ3v) is 7.34. The number of rotatable bonds is 6. The van der Waals surface area contributed by atoms with Crippen molar-refractivity contribution in [2.45, 2.75) is 52.2 Å². The van der Waals surface area contributed by atoms with Gasteiger partial charge in [-0.25, -0.2) is 4.39 Å². The van der Waals surface area contributed by atoms with E-state index in [0.717, 1.165) is 53.1 Å². The predicted molar refractivity (Wildman–Crippen MR) is 122 cm³/mol. The summed E-state index contributed by atoms with van der Waals surface area (Å²) in [6.45, 7) is 6.96. The number of hydrogen-bond donors (Lipinski definition) is 0. The van der Waals surface area contributed by atoms with Crippen molar-refractivity contribution in [3.05, 3.63) is 75.2 Å². The lowest BCUT2D eigenvalue weighted by atomic mass is 9.81. The molecule has 0 atom stereocenters. The predicted octanol–water partition coefficient (Wildman–Crippen LogP) is 6.60. The summed E-state index contributed by atoms with van der Waals surface area (Å²) in [6, 6.07) is 12.9. The molecule has 1 aliphatic heterocycles. The molecule has 0 amide bonds. The van der Waals surface area contributed by atoms with Gasteiger partial charge in [0.05, 0.1) is 6.61 Å². The summed E-state index contributed by atoms with van der Waals surface area (Å²) in [5.74, 6) is 1.62. The van der Waals surface area contributed by atoms with E-state index >= 15 is 0 Å². The minimum Gasteiger partial charge on any atom is -0.493 e. The summed E-state index contributed by atoms with van der Waals surface area (Å²) >= 11 is 1.63. The van der Waals surface area contributed by atoms with Gasteiger partial charge in [-0.15, -0.1) is 0 Å². The smallest absolute Gasteiger partial charge is 0.127 e. The summed E-state index contributed by atoms with van der Waals surface area (Å²) in [6.07, 6.45) is 3.22. The standard InChI is InChI=1S/C26H28FNOS/c1-17-9-23(10-17)28-14-20-3-4-24(12-22(20)15-28)29-7-5-19-11-18(2)25(13-26(19)27)21-6-8-30-16-21/h3-4,6,8,11-13,16-17,23H,5,7,9-10,14-15H2,1-2H3/t17-,23-. The molecule has 1 aromatic heterocycles. The van der Waals surface area contributed by atoms with Gasteiger partial charge in [0.25, 0.3) is 0 Å². The molecule has 5 rings (SSSR count). The average molecular weight is 422 g/mol. The van der Waals surface area contributed by atoms with Crippen molar-refractivity contribution in [3.8, 4) is 16.9 Å². The molecule has 2 aliphatic rings. The molecule has 4 heteroatoms. The second-order valence-electron chi connectivity index (χ2n) is 8.93. The van der Waals surface area contributed by atoms with E-state index in [9.17, 15) is 4.39 Å². The molecule has 0 bridgehead atoms. The molecule has 2 aromatic carbocycles. The van der Waals surface area contributed by atoms with Gasteiger partial charge in [0.1, 0.15) is 11.6 Å². The molecule has 0 N–H and O–H groups in total. The Bertz CT molecular complexity index is 1040. The van der Waals surface area contributed by atoms with Crippen LogP contribution in [0.15, 0.2) is 47.2 Å². The highest BCUT2D eigenvalue weighted by atomic mass is 32.1. The summed E-state index contributed by atoms with van der Waals surface area (Å²) in [4.78, 5) is 2.60. The van der Waals surface area contributed by atoms with Crippen LogP contribution in [-0.2, 0) is 19.5 Å². The third kappa shape index (κ3) is 3.91. The maximum absolute atomic E-state index is 14.7. The van der Waals surface area contributed by atoms with Crippen molar-refractivity contribution in [1.82, 2.24) is 4.90 Å². The lowest BCUT2D eigenvalue weighted by molar-refractivity contribution is 0.0842. The van der Waals surface area contributed by atoms with Crippen LogP contribution < -0.4 is 4.74 Å². The van der Waals surface area contributed by atoms with Crippen LogP contribution in [0.25, 0.3) is 11.1 Å². The summed E-state index contributed by atoms with van der Waals surface area (Å²) in [7, 11) is 0. The molecular formula is C26H28FNOS. The molecule has 1 fully saturated rings. The second kappa shape index (κ2) is 8.16. The zero-order chi connectivity index (χ0) is 20.7. The molecule has 30 heavy (non-hydrogen) atoms. The van der Waals surface area contributed by atoms with Gasteiger partial charge >= 0.3 is 0 Å². The minimum absolute atomic E-state index is 0.148. The van der Waals surface area contributed by atoms with Crippen LogP contribution in [0.1, 0.15) is 42.0 Å². The maximum atomic E-state index is 14.7. The van der Waals surface area contributed by atoms with E-state index in [2.05, 4.69) is 35.4 Å². The van der Waals surface area contributed by atoms with Crippen molar-refractivity contribution in [2.75, 3.05) is 6.61 Å². The number of aryl methyl sites for hydroxylation is 1. The number of benzene rings is 2. The molecule has 0 unspecified atom stereocenters. The van der Waals surface area contributed by atoms with E-state index in [1.54, 1.807) is 17.4 Å². The van der Waals surface area contributed by atoms with E-state index in [-0.39, 0.29) is 5.82 Å². The lowest BCUT2D eigenvalue weighted by Crippen LogP contribution is -2.40. The van der Waals surface area contributed by atoms with E-state index < -0.39 is 0 Å². The molecule has 0 radical (unpaired) electrons. The number of nitrogens with zero attached hydrogens (tertiary/aromatic N) is 1. The molecule has 2 nitrogen and oxygen atoms in total. The van der Waals surface area contributed by atoms with Gasteiger partial charge in [0, 0.05) is 25.6 Å². The molecular weight excluding hydrogens is 393 g/mol. The molecule has 1 aliphatic carbocycles. The number of halogens is 1. The zero-order valence-corrected chi connectivity index (χ0v) is 18.5. The van der Waals surface area contributed by atoms with Gasteiger partial charge in [-0.05, 0) is 94.1 Å². The first-order valence-corrected chi connectivity index (χ1v) is 11.8. The van der Waals surface area contributed by atoms with Gasteiger partial charge in [-0.3, -0.25) is 4.90 Å². The number of hydrogen-bond acceptors (Lipinski definition) is 3. The van der Waals surface area contributed by atoms with Crippen LogP contribution in [0.4, 0.5) is 4.39 Å². The number of fused-ring (bicyclic) bond motifs is 1. The van der Waals surface area contributed by atoms with Crippen LogP contribution in [0.5, 0.6) is 5.75 Å². The number of ether oxygens (including phenoxy) is 1. The fraction of sp³-hybridized carbons (Fsp3) is 0.385. The highest BCUT2D eigenvalue weighted by Crippen LogP contribution is 2.37. The Morgan fingerprint density at radius 1 is 1.10 bits per heavy atom. The van der Waals surface area contributed by atoms with Crippen molar-refractivity contribution >= 4 is 11.3 Å². The lowest BCUT2D eigenvalue weighted by Gasteiger charge is -2.39. The van der Waals surface area contributed by atoms with Gasteiger partial charge in [-0.1, -0.05) is 19.1 Å². The molecule has 2 heterocycles. The van der Waals surface area contributed by atoms with Crippen molar-refractivity contribution in [3.63, 3.8) is 0 Å². The first kappa shape index (κ1) is 19.8. The van der Waals surface area contributed by atoms with Crippen LogP contribution >= 0.6 is 11.3 Å². The highest BCUT2D eigenvalue weighted by molar-refractivity contribution is 7.08. The molecule has 1 saturated carbocycles. The fourth-order valence-electron chi connectivity index (χ4n) is 4.84. The quantitative estimate of drug-likeness (QED) is 0.445. The topological polar surface area (TPSA) is 12.5 Å². The average Bonchev–Trinajstić information content (AvgIpc) is 3.37. The van der Waals surface area contributed by atoms with E-state index in [4.69, 9.17) is 4.74 Å². The Kier molecular flexibility index (Phi) is 5.38. The summed E-state index contributed by atoms with van der Waals surface area (Å²) < 4.78 is 20.7. The molecule has 3 aromatic rings. The Labute approximate surface area is 182 Å². The van der Waals surface area contributed by atoms with Gasteiger partial charge in [0.2, 0.25) is 0 Å². The highest BCUT2D eigenvalue weighted by Gasteiger charge is 2.33. The van der Waals surface area contributed by atoms with Crippen LogP contribution in [0.2, 0.25) is 0 Å². The number of thiophene rings is 1. The Morgan fingerprint density at radius 3 is 2.70 bits per heavy atom. The van der Waals surface area contributed by atoms with Crippen LogP contribution in [-0.4, -0.2) is 17.5 Å². The van der Waals surface area contributed by atoms with Gasteiger partial charge in [-0.2, -0.15) is 11.3 Å². The monoisotopic (exact) mass is 421 g/mol. The van der Waals surface area contributed by atoms with Gasteiger partial charge in [0.15, 0.2) is 0 Å². The summed E-state index contributed by atoms with van der Waals surface area (Å²) in [5, 5.41) is 4.09. The largest absolute Gasteiger partial charge is 0.493 e.